The number of rotatable bonds is 2. The lowest BCUT2D eigenvalue weighted by Crippen LogP contribution is -2.20. The molecule has 3 nitrogen and oxygen atoms in total. The highest BCUT2D eigenvalue weighted by Crippen LogP contribution is 2.24. The monoisotopic (exact) mass is 202 g/mol. The van der Waals surface area contributed by atoms with Gasteiger partial charge in [-0.15, -0.1) is 0 Å². The van der Waals surface area contributed by atoms with Gasteiger partial charge < -0.3 is 0 Å². The molecule has 15 heavy (non-hydrogen) atoms. The van der Waals surface area contributed by atoms with Gasteiger partial charge in [0, 0.05) is 5.71 Å². The Kier molecular flexibility index (Phi) is 2.54. The number of hydrazone groups is 1. The molecule has 0 fully saturated rings. The molecule has 1 aliphatic rings. The first-order valence-electron chi connectivity index (χ1n) is 5.17. The third-order valence-corrected chi connectivity index (χ3v) is 2.58. The molecule has 1 amide bonds. The van der Waals surface area contributed by atoms with Crippen LogP contribution in [0.5, 0.6) is 0 Å². The van der Waals surface area contributed by atoms with E-state index in [-0.39, 0.29) is 5.91 Å². The van der Waals surface area contributed by atoms with Gasteiger partial charge in [0.15, 0.2) is 0 Å². The summed E-state index contributed by atoms with van der Waals surface area (Å²) in [5.74, 6) is 0.0705. The molecule has 0 saturated carbocycles. The molecule has 0 aliphatic carbocycles. The first kappa shape index (κ1) is 9.90. The quantitative estimate of drug-likeness (QED) is 0.725. The molecule has 0 bridgehead atoms. The average Bonchev–Trinajstić information content (AvgIpc) is 2.60. The molecule has 2 rings (SSSR count). The molecule has 78 valence electrons. The molecule has 0 radical (unpaired) electrons. The summed E-state index contributed by atoms with van der Waals surface area (Å²) in [6.07, 6.45) is 1.30. The van der Waals surface area contributed by atoms with E-state index in [0.717, 1.165) is 23.4 Å². The van der Waals surface area contributed by atoms with E-state index in [1.807, 2.05) is 38.1 Å². The van der Waals surface area contributed by atoms with E-state index in [4.69, 9.17) is 0 Å². The van der Waals surface area contributed by atoms with Gasteiger partial charge in [0.2, 0.25) is 0 Å². The van der Waals surface area contributed by atoms with Gasteiger partial charge in [-0.05, 0) is 25.0 Å². The Labute approximate surface area is 89.4 Å². The average molecular weight is 202 g/mol. The molecule has 3 heteroatoms. The Bertz CT molecular complexity index is 423. The minimum atomic E-state index is 0.0705. The van der Waals surface area contributed by atoms with Crippen molar-refractivity contribution in [2.75, 3.05) is 5.01 Å². The van der Waals surface area contributed by atoms with E-state index in [9.17, 15) is 4.79 Å². The molecular formula is C12H14N2O. The second-order valence-corrected chi connectivity index (χ2v) is 3.69. The lowest BCUT2D eigenvalue weighted by Gasteiger charge is -2.13. The highest BCUT2D eigenvalue weighted by atomic mass is 16.2. The van der Waals surface area contributed by atoms with Gasteiger partial charge in [0.05, 0.1) is 12.1 Å². The van der Waals surface area contributed by atoms with Gasteiger partial charge >= 0.3 is 0 Å². The van der Waals surface area contributed by atoms with E-state index in [1.165, 1.54) is 5.01 Å². The van der Waals surface area contributed by atoms with Crippen LogP contribution >= 0.6 is 0 Å². The van der Waals surface area contributed by atoms with Crippen molar-refractivity contribution in [1.82, 2.24) is 0 Å². The molecular weight excluding hydrogens is 188 g/mol. The Morgan fingerprint density at radius 3 is 2.73 bits per heavy atom. The van der Waals surface area contributed by atoms with Crippen molar-refractivity contribution in [3.8, 4) is 0 Å². The zero-order valence-corrected chi connectivity index (χ0v) is 9.03. The second kappa shape index (κ2) is 3.85. The lowest BCUT2D eigenvalue weighted by molar-refractivity contribution is -0.116. The lowest BCUT2D eigenvalue weighted by atomic mass is 10.2. The Hall–Kier alpha value is -1.64. The van der Waals surface area contributed by atoms with E-state index in [0.29, 0.717) is 6.42 Å². The Balaban J connectivity index is 2.36. The highest BCUT2D eigenvalue weighted by molar-refractivity contribution is 6.13. The van der Waals surface area contributed by atoms with Crippen molar-refractivity contribution < 1.29 is 4.79 Å². The first-order chi connectivity index (χ1) is 7.22. The van der Waals surface area contributed by atoms with Crippen molar-refractivity contribution in [3.05, 3.63) is 29.8 Å². The summed E-state index contributed by atoms with van der Waals surface area (Å²) in [6, 6.07) is 7.80. The molecule has 0 saturated heterocycles. The van der Waals surface area contributed by atoms with Crippen molar-refractivity contribution in [1.29, 1.82) is 0 Å². The molecule has 1 heterocycles. The van der Waals surface area contributed by atoms with Crippen LogP contribution in [-0.2, 0) is 4.79 Å². The maximum Gasteiger partial charge on any atom is 0.253 e. The van der Waals surface area contributed by atoms with Crippen LogP contribution in [0, 0.1) is 6.92 Å². The molecule has 0 aromatic heterocycles. The van der Waals surface area contributed by atoms with Crippen LogP contribution in [0.4, 0.5) is 5.69 Å². The minimum absolute atomic E-state index is 0.0705. The number of aryl methyl sites for hydroxylation is 1. The van der Waals surface area contributed by atoms with Crippen LogP contribution in [0.25, 0.3) is 0 Å². The summed E-state index contributed by atoms with van der Waals surface area (Å²) in [4.78, 5) is 11.7. The third kappa shape index (κ3) is 1.77. The largest absolute Gasteiger partial charge is 0.272 e. The van der Waals surface area contributed by atoms with Crippen molar-refractivity contribution in [3.63, 3.8) is 0 Å². The number of para-hydroxylation sites is 1. The van der Waals surface area contributed by atoms with Crippen LogP contribution < -0.4 is 5.01 Å². The fraction of sp³-hybridized carbons (Fsp3) is 0.333. The first-order valence-corrected chi connectivity index (χ1v) is 5.17. The predicted molar refractivity (Wildman–Crippen MR) is 61.0 cm³/mol. The van der Waals surface area contributed by atoms with Crippen molar-refractivity contribution >= 4 is 17.3 Å². The summed E-state index contributed by atoms with van der Waals surface area (Å²) in [7, 11) is 0. The second-order valence-electron chi connectivity index (χ2n) is 3.69. The maximum atomic E-state index is 11.7. The summed E-state index contributed by atoms with van der Waals surface area (Å²) >= 11 is 0. The zero-order chi connectivity index (χ0) is 10.8. The molecule has 1 aliphatic heterocycles. The standard InChI is InChI=1S/C12H14N2O/c1-3-10-8-12(15)14(13-10)11-7-5-4-6-9(11)2/h4-7H,3,8H2,1-2H3. The number of nitrogens with zero attached hydrogens (tertiary/aromatic N) is 2. The normalized spacial score (nSPS) is 15.7. The molecule has 0 atom stereocenters. The van der Waals surface area contributed by atoms with E-state index in [1.54, 1.807) is 0 Å². The van der Waals surface area contributed by atoms with Crippen molar-refractivity contribution in [2.24, 2.45) is 5.10 Å². The van der Waals surface area contributed by atoms with E-state index in [2.05, 4.69) is 5.10 Å². The number of amides is 1. The van der Waals surface area contributed by atoms with Crippen LogP contribution in [0.15, 0.2) is 29.4 Å². The number of carbonyl (C=O) groups excluding carboxylic acids is 1. The van der Waals surface area contributed by atoms with Gasteiger partial charge in [-0.1, -0.05) is 25.1 Å². The van der Waals surface area contributed by atoms with Gasteiger partial charge in [0.25, 0.3) is 5.91 Å². The number of anilines is 1. The summed E-state index contributed by atoms with van der Waals surface area (Å²) in [5.41, 5.74) is 2.93. The zero-order valence-electron chi connectivity index (χ0n) is 9.03. The smallest absolute Gasteiger partial charge is 0.253 e. The number of hydrogen-bond donors (Lipinski definition) is 0. The van der Waals surface area contributed by atoms with Gasteiger partial charge in [0.1, 0.15) is 0 Å². The maximum absolute atomic E-state index is 11.7. The van der Waals surface area contributed by atoms with Crippen LogP contribution in [0.1, 0.15) is 25.3 Å². The van der Waals surface area contributed by atoms with Crippen LogP contribution in [-0.4, -0.2) is 11.6 Å². The Morgan fingerprint density at radius 2 is 2.13 bits per heavy atom. The number of hydrogen-bond acceptors (Lipinski definition) is 2. The summed E-state index contributed by atoms with van der Waals surface area (Å²) < 4.78 is 0. The number of benzene rings is 1. The molecule has 0 unspecified atom stereocenters. The minimum Gasteiger partial charge on any atom is -0.272 e. The summed E-state index contributed by atoms with van der Waals surface area (Å²) in [6.45, 7) is 4.01. The molecule has 1 aromatic carbocycles. The van der Waals surface area contributed by atoms with E-state index < -0.39 is 0 Å². The fourth-order valence-electron chi connectivity index (χ4n) is 1.67. The topological polar surface area (TPSA) is 32.7 Å². The summed E-state index contributed by atoms with van der Waals surface area (Å²) in [5, 5.41) is 5.84. The molecule has 0 N–H and O–H groups in total. The van der Waals surface area contributed by atoms with Gasteiger partial charge in [-0.25, -0.2) is 5.01 Å². The molecule has 1 aromatic rings. The SMILES string of the molecule is CCC1=NN(c2ccccc2C)C(=O)C1. The fourth-order valence-corrected chi connectivity index (χ4v) is 1.67. The van der Waals surface area contributed by atoms with Crippen LogP contribution in [0.3, 0.4) is 0 Å². The van der Waals surface area contributed by atoms with Gasteiger partial charge in [-0.2, -0.15) is 5.10 Å². The highest BCUT2D eigenvalue weighted by Gasteiger charge is 2.24. The predicted octanol–water partition coefficient (Wildman–Crippen LogP) is 2.50. The van der Waals surface area contributed by atoms with Crippen molar-refractivity contribution in [2.45, 2.75) is 26.7 Å². The molecule has 0 spiro atoms. The van der Waals surface area contributed by atoms with Crippen LogP contribution in [0.2, 0.25) is 0 Å². The van der Waals surface area contributed by atoms with Gasteiger partial charge in [-0.3, -0.25) is 4.79 Å². The Morgan fingerprint density at radius 1 is 1.40 bits per heavy atom. The third-order valence-electron chi connectivity index (χ3n) is 2.58. The number of carbonyl (C=O) groups is 1. The van der Waals surface area contributed by atoms with E-state index >= 15 is 0 Å².